The number of halogens is 4. The number of fused-ring (bicyclic) bond motifs is 1. The largest absolute Gasteiger partial charge is 0.454 e. The van der Waals surface area contributed by atoms with Crippen molar-refractivity contribution in [1.82, 2.24) is 0 Å². The molecular formula is C16H12ClF3N2O4. The molecule has 2 aromatic carbocycles. The molecular weight excluding hydrogens is 377 g/mol. The molecule has 138 valence electrons. The number of ether oxygens (including phenoxy) is 2. The number of rotatable bonds is 4. The molecule has 6 nitrogen and oxygen atoms in total. The first kappa shape index (κ1) is 18.1. The standard InChI is InChI=1S/C16H12ClF3N2O4/c1-21(7-9-2-3-14-15(4-9)26-8-25-14)12-6-11(17)10(16(18,19)20)5-13(12)22(23)24/h2-6H,7-8H2,1H3. The topological polar surface area (TPSA) is 64.8 Å². The highest BCUT2D eigenvalue weighted by Crippen LogP contribution is 2.41. The van der Waals surface area contributed by atoms with Gasteiger partial charge in [0.15, 0.2) is 11.5 Å². The average Bonchev–Trinajstić information content (AvgIpc) is 3.00. The fourth-order valence-corrected chi connectivity index (χ4v) is 2.88. The third-order valence-electron chi connectivity index (χ3n) is 3.83. The molecule has 0 aromatic heterocycles. The summed E-state index contributed by atoms with van der Waals surface area (Å²) < 4.78 is 49.3. The summed E-state index contributed by atoms with van der Waals surface area (Å²) in [5.74, 6) is 1.12. The Morgan fingerprint density at radius 1 is 1.23 bits per heavy atom. The lowest BCUT2D eigenvalue weighted by molar-refractivity contribution is -0.384. The van der Waals surface area contributed by atoms with Crippen LogP contribution in [-0.4, -0.2) is 18.8 Å². The van der Waals surface area contributed by atoms with Crippen molar-refractivity contribution in [2.24, 2.45) is 0 Å². The lowest BCUT2D eigenvalue weighted by Crippen LogP contribution is -2.18. The molecule has 3 rings (SSSR count). The lowest BCUT2D eigenvalue weighted by Gasteiger charge is -2.21. The minimum atomic E-state index is -4.78. The highest BCUT2D eigenvalue weighted by molar-refractivity contribution is 6.31. The van der Waals surface area contributed by atoms with E-state index in [2.05, 4.69) is 0 Å². The van der Waals surface area contributed by atoms with E-state index in [1.54, 1.807) is 18.2 Å². The molecule has 10 heteroatoms. The van der Waals surface area contributed by atoms with Crippen LogP contribution in [0.25, 0.3) is 0 Å². The van der Waals surface area contributed by atoms with E-state index in [9.17, 15) is 23.3 Å². The number of alkyl halides is 3. The fourth-order valence-electron chi connectivity index (χ4n) is 2.62. The van der Waals surface area contributed by atoms with Gasteiger partial charge in [-0.25, -0.2) is 0 Å². The highest BCUT2D eigenvalue weighted by Gasteiger charge is 2.36. The summed E-state index contributed by atoms with van der Waals surface area (Å²) >= 11 is 5.71. The molecule has 0 saturated heterocycles. The SMILES string of the molecule is CN(Cc1ccc2c(c1)OCO2)c1cc(Cl)c(C(F)(F)F)cc1[N+](=O)[O-]. The Balaban J connectivity index is 1.94. The maximum absolute atomic E-state index is 13.0. The molecule has 0 fully saturated rings. The third kappa shape index (κ3) is 3.48. The van der Waals surface area contributed by atoms with Crippen LogP contribution in [0.3, 0.4) is 0 Å². The normalized spacial score (nSPS) is 13.0. The van der Waals surface area contributed by atoms with Crippen molar-refractivity contribution in [2.75, 3.05) is 18.7 Å². The second-order valence-electron chi connectivity index (χ2n) is 5.62. The summed E-state index contributed by atoms with van der Waals surface area (Å²) in [6.45, 7) is 0.299. The van der Waals surface area contributed by atoms with Crippen LogP contribution in [0, 0.1) is 10.1 Å². The molecule has 1 heterocycles. The zero-order valence-electron chi connectivity index (χ0n) is 13.3. The summed E-state index contributed by atoms with van der Waals surface area (Å²) in [5, 5.41) is 10.7. The second-order valence-corrected chi connectivity index (χ2v) is 6.03. The number of nitro benzene ring substituents is 1. The molecule has 0 atom stereocenters. The summed E-state index contributed by atoms with van der Waals surface area (Å²) in [6.07, 6.45) is -4.78. The predicted octanol–water partition coefficient (Wildman–Crippen LogP) is 4.63. The molecule has 2 aromatic rings. The molecule has 26 heavy (non-hydrogen) atoms. The monoisotopic (exact) mass is 388 g/mol. The van der Waals surface area contributed by atoms with Gasteiger partial charge in [-0.05, 0) is 23.8 Å². The van der Waals surface area contributed by atoms with Crippen LogP contribution in [-0.2, 0) is 12.7 Å². The van der Waals surface area contributed by atoms with Crippen molar-refractivity contribution < 1.29 is 27.6 Å². The lowest BCUT2D eigenvalue weighted by atomic mass is 10.1. The number of nitrogens with zero attached hydrogens (tertiary/aromatic N) is 2. The molecule has 0 aliphatic carbocycles. The van der Waals surface area contributed by atoms with Crippen molar-refractivity contribution in [1.29, 1.82) is 0 Å². The smallest absolute Gasteiger partial charge is 0.418 e. The van der Waals surface area contributed by atoms with Gasteiger partial charge in [-0.3, -0.25) is 10.1 Å². The third-order valence-corrected chi connectivity index (χ3v) is 4.15. The highest BCUT2D eigenvalue weighted by atomic mass is 35.5. The summed E-state index contributed by atoms with van der Waals surface area (Å²) in [5.41, 5.74) is -1.20. The van der Waals surface area contributed by atoms with Crippen molar-refractivity contribution in [3.8, 4) is 11.5 Å². The van der Waals surface area contributed by atoms with E-state index in [1.165, 1.54) is 11.9 Å². The molecule has 0 N–H and O–H groups in total. The van der Waals surface area contributed by atoms with Gasteiger partial charge in [0.2, 0.25) is 6.79 Å². The number of hydrogen-bond acceptors (Lipinski definition) is 5. The van der Waals surface area contributed by atoms with Crippen LogP contribution in [0.1, 0.15) is 11.1 Å². The van der Waals surface area contributed by atoms with Gasteiger partial charge in [0.25, 0.3) is 5.69 Å². The Morgan fingerprint density at radius 2 is 1.92 bits per heavy atom. The van der Waals surface area contributed by atoms with Gasteiger partial charge in [-0.15, -0.1) is 0 Å². The molecule has 1 aliphatic rings. The van der Waals surface area contributed by atoms with Crippen molar-refractivity contribution >= 4 is 23.0 Å². The van der Waals surface area contributed by atoms with Crippen molar-refractivity contribution in [3.05, 3.63) is 56.6 Å². The Bertz CT molecular complexity index is 873. The molecule has 0 saturated carbocycles. The van der Waals surface area contributed by atoms with Crippen LogP contribution < -0.4 is 14.4 Å². The molecule has 0 spiro atoms. The quantitative estimate of drug-likeness (QED) is 0.564. The van der Waals surface area contributed by atoms with Gasteiger partial charge in [0.1, 0.15) is 5.69 Å². The van der Waals surface area contributed by atoms with Gasteiger partial charge >= 0.3 is 6.18 Å². The predicted molar refractivity (Wildman–Crippen MR) is 87.8 cm³/mol. The average molecular weight is 389 g/mol. The van der Waals surface area contributed by atoms with Crippen LogP contribution in [0.2, 0.25) is 5.02 Å². The number of nitro groups is 1. The van der Waals surface area contributed by atoms with Crippen molar-refractivity contribution in [2.45, 2.75) is 12.7 Å². The first-order valence-electron chi connectivity index (χ1n) is 7.31. The van der Waals surface area contributed by atoms with Gasteiger partial charge in [-0.2, -0.15) is 13.2 Å². The Hall–Kier alpha value is -2.68. The Labute approximate surface area is 150 Å². The van der Waals surface area contributed by atoms with Crippen LogP contribution in [0.15, 0.2) is 30.3 Å². The maximum Gasteiger partial charge on any atom is 0.418 e. The van der Waals surface area contributed by atoms with Gasteiger partial charge in [0, 0.05) is 19.7 Å². The molecule has 0 bridgehead atoms. The van der Waals surface area contributed by atoms with E-state index in [0.717, 1.165) is 11.6 Å². The number of hydrogen-bond donors (Lipinski definition) is 0. The second kappa shape index (κ2) is 6.56. The van der Waals surface area contributed by atoms with Crippen molar-refractivity contribution in [3.63, 3.8) is 0 Å². The fraction of sp³-hybridized carbons (Fsp3) is 0.250. The summed E-state index contributed by atoms with van der Waals surface area (Å²) in [4.78, 5) is 11.8. The zero-order chi connectivity index (χ0) is 19.1. The minimum absolute atomic E-state index is 0.0225. The van der Waals surface area contributed by atoms with Crippen LogP contribution in [0.5, 0.6) is 11.5 Å². The van der Waals surface area contributed by atoms with Gasteiger partial charge < -0.3 is 14.4 Å². The summed E-state index contributed by atoms with van der Waals surface area (Å²) in [6, 6.07) is 6.54. The van der Waals surface area contributed by atoms with Crippen LogP contribution in [0.4, 0.5) is 24.5 Å². The van der Waals surface area contributed by atoms with Crippen LogP contribution >= 0.6 is 11.6 Å². The summed E-state index contributed by atoms with van der Waals surface area (Å²) in [7, 11) is 1.52. The Morgan fingerprint density at radius 3 is 2.58 bits per heavy atom. The van der Waals surface area contributed by atoms with E-state index in [0.29, 0.717) is 17.6 Å². The molecule has 0 unspecified atom stereocenters. The van der Waals surface area contributed by atoms with E-state index in [-0.39, 0.29) is 19.0 Å². The number of benzene rings is 2. The number of anilines is 1. The first-order valence-corrected chi connectivity index (χ1v) is 7.69. The maximum atomic E-state index is 13.0. The van der Waals surface area contributed by atoms with E-state index in [1.807, 2.05) is 0 Å². The van der Waals surface area contributed by atoms with Gasteiger partial charge in [0.05, 0.1) is 15.5 Å². The molecule has 0 amide bonds. The Kier molecular flexibility index (Phi) is 4.57. The van der Waals surface area contributed by atoms with E-state index >= 15 is 0 Å². The molecule has 1 aliphatic heterocycles. The van der Waals surface area contributed by atoms with Gasteiger partial charge in [-0.1, -0.05) is 17.7 Å². The molecule has 0 radical (unpaired) electrons. The first-order chi connectivity index (χ1) is 12.2. The van der Waals surface area contributed by atoms with E-state index < -0.39 is 27.4 Å². The zero-order valence-corrected chi connectivity index (χ0v) is 14.1. The van der Waals surface area contributed by atoms with E-state index in [4.69, 9.17) is 21.1 Å². The minimum Gasteiger partial charge on any atom is -0.454 e.